The first-order valence-electron chi connectivity index (χ1n) is 5.01. The van der Waals surface area contributed by atoms with Crippen molar-refractivity contribution in [3.05, 3.63) is 24.4 Å². The molecule has 74 valence electrons. The van der Waals surface area contributed by atoms with E-state index in [4.69, 9.17) is 0 Å². The molecule has 0 bridgehead atoms. The summed E-state index contributed by atoms with van der Waals surface area (Å²) in [6.45, 7) is 12.3. The SMILES string of the molecule is C=C/C(C)=C\N=C(\CC)C(C)CC. The predicted octanol–water partition coefficient (Wildman–Crippen LogP) is 3.97. The summed E-state index contributed by atoms with van der Waals surface area (Å²) in [4.78, 5) is 4.47. The molecule has 0 aromatic carbocycles. The van der Waals surface area contributed by atoms with Crippen LogP contribution in [0.5, 0.6) is 0 Å². The normalized spacial score (nSPS) is 15.7. The Balaban J connectivity index is 4.47. The smallest absolute Gasteiger partial charge is 0.0296 e. The van der Waals surface area contributed by atoms with Gasteiger partial charge in [0, 0.05) is 11.9 Å². The van der Waals surface area contributed by atoms with E-state index in [1.54, 1.807) is 0 Å². The van der Waals surface area contributed by atoms with Gasteiger partial charge in [-0.15, -0.1) is 0 Å². The molecule has 0 aliphatic rings. The first kappa shape index (κ1) is 12.2. The van der Waals surface area contributed by atoms with Gasteiger partial charge in [-0.1, -0.05) is 33.4 Å². The van der Waals surface area contributed by atoms with Crippen LogP contribution in [0.4, 0.5) is 0 Å². The van der Waals surface area contributed by atoms with Crippen LogP contribution in [0.25, 0.3) is 0 Å². The third-order valence-corrected chi connectivity index (χ3v) is 2.30. The lowest BCUT2D eigenvalue weighted by Crippen LogP contribution is -2.08. The molecule has 0 saturated heterocycles. The highest BCUT2D eigenvalue weighted by Gasteiger charge is 2.04. The maximum Gasteiger partial charge on any atom is 0.0296 e. The largest absolute Gasteiger partial charge is 0.265 e. The van der Waals surface area contributed by atoms with Gasteiger partial charge in [0.25, 0.3) is 0 Å². The van der Waals surface area contributed by atoms with Crippen molar-refractivity contribution >= 4 is 5.71 Å². The molecule has 0 saturated carbocycles. The molecule has 1 nitrogen and oxygen atoms in total. The van der Waals surface area contributed by atoms with E-state index in [-0.39, 0.29) is 0 Å². The van der Waals surface area contributed by atoms with Crippen molar-refractivity contribution in [2.24, 2.45) is 10.9 Å². The van der Waals surface area contributed by atoms with Crippen molar-refractivity contribution in [3.8, 4) is 0 Å². The Hall–Kier alpha value is -0.850. The van der Waals surface area contributed by atoms with E-state index in [1.807, 2.05) is 19.2 Å². The molecule has 0 aromatic heterocycles. The third-order valence-electron chi connectivity index (χ3n) is 2.30. The summed E-state index contributed by atoms with van der Waals surface area (Å²) in [6, 6.07) is 0. The van der Waals surface area contributed by atoms with Gasteiger partial charge in [0.1, 0.15) is 0 Å². The summed E-state index contributed by atoms with van der Waals surface area (Å²) in [6.07, 6.45) is 5.93. The molecule has 0 aliphatic heterocycles. The highest BCUT2D eigenvalue weighted by atomic mass is 14.7. The Bertz CT molecular complexity index is 211. The summed E-state index contributed by atoms with van der Waals surface area (Å²) in [5, 5.41) is 0. The molecular weight excluding hydrogens is 158 g/mol. The van der Waals surface area contributed by atoms with Crippen molar-refractivity contribution in [3.63, 3.8) is 0 Å². The van der Waals surface area contributed by atoms with Crippen LogP contribution in [0, 0.1) is 5.92 Å². The van der Waals surface area contributed by atoms with Crippen molar-refractivity contribution in [1.82, 2.24) is 0 Å². The highest BCUT2D eigenvalue weighted by molar-refractivity contribution is 5.86. The van der Waals surface area contributed by atoms with Crippen LogP contribution < -0.4 is 0 Å². The van der Waals surface area contributed by atoms with Crippen LogP contribution in [0.2, 0.25) is 0 Å². The lowest BCUT2D eigenvalue weighted by molar-refractivity contribution is 0.725. The van der Waals surface area contributed by atoms with E-state index < -0.39 is 0 Å². The number of aliphatic imine (C=N–C) groups is 1. The average molecular weight is 179 g/mol. The molecule has 1 unspecified atom stereocenters. The molecule has 0 amide bonds. The van der Waals surface area contributed by atoms with Gasteiger partial charge in [-0.05, 0) is 31.3 Å². The second-order valence-electron chi connectivity index (χ2n) is 3.36. The lowest BCUT2D eigenvalue weighted by atomic mass is 10.0. The molecule has 0 aromatic rings. The summed E-state index contributed by atoms with van der Waals surface area (Å²) in [5.74, 6) is 0.596. The fraction of sp³-hybridized carbons (Fsp3) is 0.583. The van der Waals surface area contributed by atoms with Crippen molar-refractivity contribution < 1.29 is 0 Å². The molecule has 0 spiro atoms. The van der Waals surface area contributed by atoms with Gasteiger partial charge < -0.3 is 0 Å². The molecule has 1 atom stereocenters. The fourth-order valence-electron chi connectivity index (χ4n) is 1.04. The summed E-state index contributed by atoms with van der Waals surface area (Å²) < 4.78 is 0. The second kappa shape index (κ2) is 6.64. The van der Waals surface area contributed by atoms with Gasteiger partial charge in [-0.25, -0.2) is 0 Å². The van der Waals surface area contributed by atoms with Gasteiger partial charge in [0.05, 0.1) is 0 Å². The first-order valence-corrected chi connectivity index (χ1v) is 5.01. The summed E-state index contributed by atoms with van der Waals surface area (Å²) in [7, 11) is 0. The first-order chi connectivity index (χ1) is 6.15. The van der Waals surface area contributed by atoms with E-state index in [9.17, 15) is 0 Å². The van der Waals surface area contributed by atoms with Crippen LogP contribution in [-0.4, -0.2) is 5.71 Å². The van der Waals surface area contributed by atoms with Crippen molar-refractivity contribution in [1.29, 1.82) is 0 Å². The Morgan fingerprint density at radius 3 is 2.46 bits per heavy atom. The quantitative estimate of drug-likeness (QED) is 0.447. The zero-order valence-electron chi connectivity index (χ0n) is 9.30. The van der Waals surface area contributed by atoms with Crippen molar-refractivity contribution in [2.45, 2.75) is 40.5 Å². The average Bonchev–Trinajstić information content (AvgIpc) is 2.17. The van der Waals surface area contributed by atoms with Crippen LogP contribution in [0.15, 0.2) is 29.4 Å². The molecule has 13 heavy (non-hydrogen) atoms. The van der Waals surface area contributed by atoms with Crippen LogP contribution >= 0.6 is 0 Å². The predicted molar refractivity (Wildman–Crippen MR) is 61.1 cm³/mol. The van der Waals surface area contributed by atoms with E-state index in [1.165, 1.54) is 5.71 Å². The number of rotatable bonds is 5. The third kappa shape index (κ3) is 4.66. The van der Waals surface area contributed by atoms with Gasteiger partial charge in [-0.2, -0.15) is 0 Å². The van der Waals surface area contributed by atoms with Crippen LogP contribution in [0.3, 0.4) is 0 Å². The van der Waals surface area contributed by atoms with E-state index in [0.717, 1.165) is 18.4 Å². The molecule has 0 N–H and O–H groups in total. The topological polar surface area (TPSA) is 12.4 Å². The molecule has 0 rings (SSSR count). The number of allylic oxidation sites excluding steroid dienone is 2. The monoisotopic (exact) mass is 179 g/mol. The fourth-order valence-corrected chi connectivity index (χ4v) is 1.04. The van der Waals surface area contributed by atoms with E-state index in [2.05, 4.69) is 32.3 Å². The summed E-state index contributed by atoms with van der Waals surface area (Å²) in [5.41, 5.74) is 2.40. The molecule has 0 fully saturated rings. The Kier molecular flexibility index (Phi) is 6.21. The zero-order valence-corrected chi connectivity index (χ0v) is 9.30. The molecule has 0 heterocycles. The standard InChI is InChI=1S/C12H21N/c1-6-10(4)9-13-12(8-3)11(5)7-2/h6,9,11H,1,7-8H2,2-5H3/b10-9-,13-12-. The minimum absolute atomic E-state index is 0.596. The van der Waals surface area contributed by atoms with Crippen molar-refractivity contribution in [2.75, 3.05) is 0 Å². The maximum atomic E-state index is 4.47. The number of hydrogen-bond donors (Lipinski definition) is 0. The minimum atomic E-state index is 0.596. The van der Waals surface area contributed by atoms with Gasteiger partial charge in [-0.3, -0.25) is 4.99 Å². The summed E-state index contributed by atoms with van der Waals surface area (Å²) >= 11 is 0. The van der Waals surface area contributed by atoms with Gasteiger partial charge >= 0.3 is 0 Å². The number of hydrogen-bond acceptors (Lipinski definition) is 1. The molecule has 1 heteroatoms. The zero-order chi connectivity index (χ0) is 10.3. The van der Waals surface area contributed by atoms with E-state index >= 15 is 0 Å². The highest BCUT2D eigenvalue weighted by Crippen LogP contribution is 2.08. The van der Waals surface area contributed by atoms with Crippen LogP contribution in [0.1, 0.15) is 40.5 Å². The molecular formula is C12H21N. The Morgan fingerprint density at radius 2 is 2.08 bits per heavy atom. The molecule has 0 radical (unpaired) electrons. The van der Waals surface area contributed by atoms with Gasteiger partial charge in [0.2, 0.25) is 0 Å². The maximum absolute atomic E-state index is 4.47. The minimum Gasteiger partial charge on any atom is -0.265 e. The van der Waals surface area contributed by atoms with Gasteiger partial charge in [0.15, 0.2) is 0 Å². The van der Waals surface area contributed by atoms with E-state index in [0.29, 0.717) is 5.92 Å². The second-order valence-corrected chi connectivity index (χ2v) is 3.36. The lowest BCUT2D eigenvalue weighted by Gasteiger charge is -2.09. The van der Waals surface area contributed by atoms with Crippen LogP contribution in [-0.2, 0) is 0 Å². The molecule has 0 aliphatic carbocycles. The Morgan fingerprint density at radius 1 is 1.46 bits per heavy atom. The Labute approximate surface area is 82.3 Å². The number of nitrogens with zero attached hydrogens (tertiary/aromatic N) is 1.